The second-order valence-electron chi connectivity index (χ2n) is 4.37. The first-order valence-corrected chi connectivity index (χ1v) is 6.33. The maximum absolute atomic E-state index is 5.54. The summed E-state index contributed by atoms with van der Waals surface area (Å²) in [5, 5.41) is 0. The van der Waals surface area contributed by atoms with Gasteiger partial charge in [0.2, 0.25) is 0 Å². The van der Waals surface area contributed by atoms with Crippen molar-refractivity contribution in [2.75, 3.05) is 13.9 Å². The van der Waals surface area contributed by atoms with Crippen molar-refractivity contribution >= 4 is 0 Å². The van der Waals surface area contributed by atoms with E-state index >= 15 is 0 Å². The SMILES string of the molecule is CCCC[C@H](C)[CH-]c1ccccc1OCOC.[Li+]. The molecule has 3 heteroatoms. The summed E-state index contributed by atoms with van der Waals surface area (Å²) in [5.74, 6) is 1.49. The number of ether oxygens (including phenoxy) is 2. The first kappa shape index (κ1) is 17.4. The van der Waals surface area contributed by atoms with Gasteiger partial charge in [-0.1, -0.05) is 51.2 Å². The maximum atomic E-state index is 5.54. The van der Waals surface area contributed by atoms with Crippen LogP contribution in [0.3, 0.4) is 0 Å². The van der Waals surface area contributed by atoms with Crippen molar-refractivity contribution < 1.29 is 28.3 Å². The average Bonchev–Trinajstić information content (AvgIpc) is 2.35. The summed E-state index contributed by atoms with van der Waals surface area (Å²) in [7, 11) is 1.64. The molecule has 0 bridgehead atoms. The van der Waals surface area contributed by atoms with E-state index in [0.717, 1.165) is 11.3 Å². The van der Waals surface area contributed by atoms with Crippen LogP contribution in [0.1, 0.15) is 38.7 Å². The summed E-state index contributed by atoms with van der Waals surface area (Å²) in [4.78, 5) is 0. The third-order valence-corrected chi connectivity index (χ3v) is 2.73. The van der Waals surface area contributed by atoms with Crippen molar-refractivity contribution in [1.29, 1.82) is 0 Å². The molecule has 1 aromatic carbocycles. The van der Waals surface area contributed by atoms with Gasteiger partial charge >= 0.3 is 18.9 Å². The van der Waals surface area contributed by atoms with E-state index in [2.05, 4.69) is 26.3 Å². The molecule has 0 aliphatic heterocycles. The molecular formula is C15H23LiO2. The molecule has 0 radical (unpaired) electrons. The predicted octanol–water partition coefficient (Wildman–Crippen LogP) is 1.05. The Morgan fingerprint density at radius 1 is 1.28 bits per heavy atom. The van der Waals surface area contributed by atoms with Gasteiger partial charge in [0.1, 0.15) is 0 Å². The van der Waals surface area contributed by atoms with Crippen molar-refractivity contribution in [3.8, 4) is 5.75 Å². The van der Waals surface area contributed by atoms with E-state index in [4.69, 9.17) is 9.47 Å². The summed E-state index contributed by atoms with van der Waals surface area (Å²) >= 11 is 0. The smallest absolute Gasteiger partial charge is 0.528 e. The van der Waals surface area contributed by atoms with Gasteiger partial charge in [-0.3, -0.25) is 0 Å². The van der Waals surface area contributed by atoms with Crippen LogP contribution in [-0.4, -0.2) is 13.9 Å². The van der Waals surface area contributed by atoms with Crippen LogP contribution in [0.2, 0.25) is 0 Å². The molecule has 0 unspecified atom stereocenters. The fourth-order valence-corrected chi connectivity index (χ4v) is 1.79. The minimum atomic E-state index is 0. The molecule has 0 aliphatic carbocycles. The van der Waals surface area contributed by atoms with Crippen molar-refractivity contribution in [2.24, 2.45) is 5.92 Å². The van der Waals surface area contributed by atoms with Crippen molar-refractivity contribution in [3.63, 3.8) is 0 Å². The number of benzene rings is 1. The average molecular weight is 242 g/mol. The molecule has 0 heterocycles. The number of methoxy groups -OCH3 is 1. The van der Waals surface area contributed by atoms with E-state index in [9.17, 15) is 0 Å². The van der Waals surface area contributed by atoms with Crippen LogP contribution in [0.15, 0.2) is 24.3 Å². The number of hydrogen-bond donors (Lipinski definition) is 0. The molecule has 1 aromatic rings. The molecule has 96 valence electrons. The molecule has 0 saturated heterocycles. The summed E-state index contributed by atoms with van der Waals surface area (Å²) in [6, 6.07) is 8.10. The fraction of sp³-hybridized carbons (Fsp3) is 0.533. The molecule has 0 amide bonds. The van der Waals surface area contributed by atoms with Crippen LogP contribution in [0.5, 0.6) is 5.75 Å². The van der Waals surface area contributed by atoms with Crippen LogP contribution in [0.25, 0.3) is 0 Å². The molecule has 1 atom stereocenters. The fourth-order valence-electron chi connectivity index (χ4n) is 1.79. The van der Waals surface area contributed by atoms with E-state index in [1.165, 1.54) is 19.3 Å². The van der Waals surface area contributed by atoms with E-state index < -0.39 is 0 Å². The van der Waals surface area contributed by atoms with Gasteiger partial charge < -0.3 is 9.47 Å². The monoisotopic (exact) mass is 242 g/mol. The van der Waals surface area contributed by atoms with Crippen LogP contribution in [0.4, 0.5) is 0 Å². The normalized spacial score (nSPS) is 11.5. The third kappa shape index (κ3) is 6.40. The molecular weight excluding hydrogens is 219 g/mol. The third-order valence-electron chi connectivity index (χ3n) is 2.73. The van der Waals surface area contributed by atoms with Gasteiger partial charge in [-0.25, -0.2) is 0 Å². The largest absolute Gasteiger partial charge is 1.00 e. The first-order chi connectivity index (χ1) is 8.27. The van der Waals surface area contributed by atoms with Gasteiger partial charge in [0.25, 0.3) is 0 Å². The molecule has 2 nitrogen and oxygen atoms in total. The van der Waals surface area contributed by atoms with Gasteiger partial charge in [0.05, 0.1) is 0 Å². The zero-order valence-corrected chi connectivity index (χ0v) is 12.1. The topological polar surface area (TPSA) is 18.5 Å². The van der Waals surface area contributed by atoms with E-state index in [0.29, 0.717) is 12.7 Å². The molecule has 0 spiro atoms. The Bertz CT molecular complexity index is 315. The Labute approximate surface area is 123 Å². The van der Waals surface area contributed by atoms with E-state index in [1.807, 2.05) is 18.2 Å². The minimum absolute atomic E-state index is 0. The van der Waals surface area contributed by atoms with Crippen LogP contribution < -0.4 is 23.6 Å². The standard InChI is InChI=1S/C15H23O2.Li/c1-4-5-8-13(2)11-14-9-6-7-10-15(14)17-12-16-3;/h6-7,9-11,13H,4-5,8,12H2,1-3H3;/q-1;+1/t13-;/m0./s1. The first-order valence-electron chi connectivity index (χ1n) is 6.33. The van der Waals surface area contributed by atoms with Crippen molar-refractivity contribution in [3.05, 3.63) is 36.2 Å². The Kier molecular flexibility index (Phi) is 10.1. The Morgan fingerprint density at radius 2 is 2.00 bits per heavy atom. The molecule has 0 saturated carbocycles. The molecule has 0 fully saturated rings. The number of para-hydroxylation sites is 1. The second kappa shape index (κ2) is 10.4. The van der Waals surface area contributed by atoms with E-state index in [-0.39, 0.29) is 18.9 Å². The Hall–Kier alpha value is -0.553. The van der Waals surface area contributed by atoms with Gasteiger partial charge in [-0.05, 0) is 0 Å². The molecule has 18 heavy (non-hydrogen) atoms. The summed E-state index contributed by atoms with van der Waals surface area (Å²) < 4.78 is 10.5. The van der Waals surface area contributed by atoms with Gasteiger partial charge in [-0.2, -0.15) is 18.1 Å². The summed E-state index contributed by atoms with van der Waals surface area (Å²) in [5.41, 5.74) is 1.16. The Morgan fingerprint density at radius 3 is 2.67 bits per heavy atom. The van der Waals surface area contributed by atoms with Gasteiger partial charge in [-0.15, -0.1) is 6.07 Å². The molecule has 0 aromatic heterocycles. The molecule has 0 N–H and O–H groups in total. The second-order valence-corrected chi connectivity index (χ2v) is 4.37. The van der Waals surface area contributed by atoms with E-state index in [1.54, 1.807) is 7.11 Å². The summed E-state index contributed by atoms with van der Waals surface area (Å²) in [6.45, 7) is 4.78. The molecule has 1 rings (SSSR count). The predicted molar refractivity (Wildman–Crippen MR) is 71.0 cm³/mol. The number of unbranched alkanes of at least 4 members (excludes halogenated alkanes) is 1. The van der Waals surface area contributed by atoms with Gasteiger partial charge in [0.15, 0.2) is 6.79 Å². The quantitative estimate of drug-likeness (QED) is 0.385. The van der Waals surface area contributed by atoms with Crippen molar-refractivity contribution in [1.82, 2.24) is 0 Å². The number of rotatable bonds is 8. The van der Waals surface area contributed by atoms with Crippen LogP contribution in [-0.2, 0) is 4.74 Å². The summed E-state index contributed by atoms with van der Waals surface area (Å²) in [6.07, 6.45) is 6.04. The van der Waals surface area contributed by atoms with Crippen molar-refractivity contribution in [2.45, 2.75) is 33.1 Å². The Balaban J connectivity index is 0.00000289. The zero-order chi connectivity index (χ0) is 12.5. The maximum Gasteiger partial charge on any atom is 1.00 e. The molecule has 0 aliphatic rings. The zero-order valence-electron chi connectivity index (χ0n) is 12.1. The minimum Gasteiger partial charge on any atom is -0.528 e. The van der Waals surface area contributed by atoms with Crippen LogP contribution in [0, 0.1) is 12.3 Å². The van der Waals surface area contributed by atoms with Crippen LogP contribution >= 0.6 is 0 Å². The van der Waals surface area contributed by atoms with Gasteiger partial charge in [0, 0.05) is 12.9 Å². The number of hydrogen-bond acceptors (Lipinski definition) is 2.